The van der Waals surface area contributed by atoms with E-state index in [1.165, 1.54) is 12.1 Å². The summed E-state index contributed by atoms with van der Waals surface area (Å²) in [6, 6.07) is 9.69. The fourth-order valence-corrected chi connectivity index (χ4v) is 1.59. The van der Waals surface area contributed by atoms with Crippen LogP contribution in [0, 0.1) is 22.7 Å². The number of hydrogen-bond acceptors (Lipinski definition) is 5. The smallest absolute Gasteiger partial charge is 0.177 e. The van der Waals surface area contributed by atoms with Gasteiger partial charge in [0.2, 0.25) is 0 Å². The summed E-state index contributed by atoms with van der Waals surface area (Å²) in [5.41, 5.74) is 0.434. The summed E-state index contributed by atoms with van der Waals surface area (Å²) in [5.74, 6) is -0.420. The van der Waals surface area contributed by atoms with Crippen LogP contribution in [0.4, 0.5) is 0 Å². The molecule has 0 amide bonds. The van der Waals surface area contributed by atoms with Crippen LogP contribution in [0.3, 0.4) is 0 Å². The van der Waals surface area contributed by atoms with Gasteiger partial charge in [0.15, 0.2) is 5.78 Å². The number of carbonyl (C=O) groups excluding carboxylic acids is 1. The van der Waals surface area contributed by atoms with Gasteiger partial charge in [-0.25, -0.2) is 0 Å². The van der Waals surface area contributed by atoms with Crippen molar-refractivity contribution in [2.24, 2.45) is 0 Å². The molecule has 0 heterocycles. The van der Waals surface area contributed by atoms with Crippen molar-refractivity contribution in [3.8, 4) is 12.1 Å². The Labute approximate surface area is 105 Å². The van der Waals surface area contributed by atoms with Crippen LogP contribution < -0.4 is 0 Å². The average Bonchev–Trinajstić information content (AvgIpc) is 2.38. The molecule has 0 fully saturated rings. The van der Waals surface area contributed by atoms with Crippen LogP contribution in [-0.2, 0) is 0 Å². The summed E-state index contributed by atoms with van der Waals surface area (Å²) in [6.45, 7) is 0. The molecule has 2 N–H and O–H groups in total. The largest absolute Gasteiger partial charge is 0.389 e. The highest BCUT2D eigenvalue weighted by Gasteiger charge is 2.22. The summed E-state index contributed by atoms with van der Waals surface area (Å²) in [6.07, 6.45) is -3.10. The lowest BCUT2D eigenvalue weighted by Crippen LogP contribution is -2.20. The van der Waals surface area contributed by atoms with Crippen molar-refractivity contribution in [2.75, 3.05) is 0 Å². The van der Waals surface area contributed by atoms with E-state index in [1.54, 1.807) is 24.3 Å². The lowest BCUT2D eigenvalue weighted by Gasteiger charge is -2.18. The maximum absolute atomic E-state index is 11.7. The molecule has 92 valence electrons. The second kappa shape index (κ2) is 6.51. The van der Waals surface area contributed by atoms with Gasteiger partial charge in [-0.2, -0.15) is 10.5 Å². The zero-order valence-corrected chi connectivity index (χ0v) is 9.58. The Morgan fingerprint density at radius 1 is 1.22 bits per heavy atom. The fourth-order valence-electron chi connectivity index (χ4n) is 1.59. The van der Waals surface area contributed by atoms with Gasteiger partial charge in [0.1, 0.15) is 6.10 Å². The summed E-state index contributed by atoms with van der Waals surface area (Å²) >= 11 is 0. The molecular weight excluding hydrogens is 232 g/mol. The third kappa shape index (κ3) is 3.14. The Morgan fingerprint density at radius 2 is 1.89 bits per heavy atom. The van der Waals surface area contributed by atoms with Crippen LogP contribution in [0.5, 0.6) is 0 Å². The predicted molar refractivity (Wildman–Crippen MR) is 62.2 cm³/mol. The number of benzene rings is 1. The highest BCUT2D eigenvalue weighted by atomic mass is 16.3. The summed E-state index contributed by atoms with van der Waals surface area (Å²) in [4.78, 5) is 11.7. The number of aliphatic hydroxyl groups excluding tert-OH is 2. The van der Waals surface area contributed by atoms with Crippen molar-refractivity contribution in [2.45, 2.75) is 25.0 Å². The molecular formula is C13H12N2O3. The van der Waals surface area contributed by atoms with Crippen LogP contribution in [0.2, 0.25) is 0 Å². The van der Waals surface area contributed by atoms with E-state index in [0.29, 0.717) is 0 Å². The van der Waals surface area contributed by atoms with Gasteiger partial charge >= 0.3 is 0 Å². The van der Waals surface area contributed by atoms with E-state index in [2.05, 4.69) is 0 Å². The van der Waals surface area contributed by atoms with Gasteiger partial charge in [-0.1, -0.05) is 24.3 Å². The Morgan fingerprint density at radius 3 is 2.50 bits per heavy atom. The van der Waals surface area contributed by atoms with E-state index < -0.39 is 18.0 Å². The van der Waals surface area contributed by atoms with E-state index in [1.807, 2.05) is 0 Å². The Hall–Kier alpha value is -2.21. The first-order valence-electron chi connectivity index (χ1n) is 5.34. The normalized spacial score (nSPS) is 13.1. The van der Waals surface area contributed by atoms with Crippen molar-refractivity contribution in [1.82, 2.24) is 0 Å². The first kappa shape index (κ1) is 13.9. The van der Waals surface area contributed by atoms with Crippen molar-refractivity contribution in [3.63, 3.8) is 0 Å². The van der Waals surface area contributed by atoms with Crippen molar-refractivity contribution < 1.29 is 15.0 Å². The lowest BCUT2D eigenvalue weighted by atomic mass is 9.94. The van der Waals surface area contributed by atoms with E-state index in [9.17, 15) is 15.0 Å². The minimum Gasteiger partial charge on any atom is -0.389 e. The van der Waals surface area contributed by atoms with Crippen LogP contribution in [0.15, 0.2) is 24.3 Å². The molecule has 0 bridgehead atoms. The standard InChI is InChI=1S/C13H12N2O3/c14-7-5-11(16)9-3-1-2-4-10(9)13(18)12(17)6-8-15/h1-4,12-13,17-18H,5-6H2. The minimum atomic E-state index is -1.32. The number of nitriles is 2. The van der Waals surface area contributed by atoms with E-state index >= 15 is 0 Å². The van der Waals surface area contributed by atoms with Gasteiger partial charge in [-0.05, 0) is 5.56 Å². The number of rotatable bonds is 5. The van der Waals surface area contributed by atoms with Crippen LogP contribution >= 0.6 is 0 Å². The first-order valence-corrected chi connectivity index (χ1v) is 5.34. The second-order valence-electron chi connectivity index (χ2n) is 3.72. The quantitative estimate of drug-likeness (QED) is 0.754. The topological polar surface area (TPSA) is 105 Å². The summed E-state index contributed by atoms with van der Waals surface area (Å²) < 4.78 is 0. The number of Topliss-reactive ketones (excluding diaryl/α,β-unsaturated/α-hetero) is 1. The molecule has 1 aromatic rings. The molecule has 5 nitrogen and oxygen atoms in total. The van der Waals surface area contributed by atoms with Crippen molar-refractivity contribution >= 4 is 5.78 Å². The van der Waals surface area contributed by atoms with E-state index in [-0.39, 0.29) is 24.0 Å². The van der Waals surface area contributed by atoms with Crippen LogP contribution in [0.1, 0.15) is 34.9 Å². The average molecular weight is 244 g/mol. The third-order valence-electron chi connectivity index (χ3n) is 2.48. The first-order chi connectivity index (χ1) is 8.61. The summed E-state index contributed by atoms with van der Waals surface area (Å²) in [7, 11) is 0. The molecule has 0 aliphatic rings. The molecule has 1 rings (SSSR count). The second-order valence-corrected chi connectivity index (χ2v) is 3.72. The molecule has 0 saturated carbocycles. The van der Waals surface area contributed by atoms with Crippen molar-refractivity contribution in [3.05, 3.63) is 35.4 Å². The SMILES string of the molecule is N#CCC(=O)c1ccccc1C(O)C(O)CC#N. The van der Waals surface area contributed by atoms with Gasteiger partial charge in [-0.15, -0.1) is 0 Å². The Balaban J connectivity index is 3.06. The number of ketones is 1. The molecule has 0 radical (unpaired) electrons. The molecule has 0 saturated heterocycles. The molecule has 0 spiro atoms. The van der Waals surface area contributed by atoms with Gasteiger partial charge in [0.25, 0.3) is 0 Å². The van der Waals surface area contributed by atoms with Gasteiger partial charge in [0, 0.05) is 5.56 Å². The van der Waals surface area contributed by atoms with Crippen LogP contribution in [0.25, 0.3) is 0 Å². The zero-order valence-electron chi connectivity index (χ0n) is 9.58. The Kier molecular flexibility index (Phi) is 5.01. The molecule has 1 aromatic carbocycles. The van der Waals surface area contributed by atoms with E-state index in [0.717, 1.165) is 0 Å². The predicted octanol–water partition coefficient (Wildman–Crippen LogP) is 1.09. The fraction of sp³-hybridized carbons (Fsp3) is 0.308. The van der Waals surface area contributed by atoms with Gasteiger partial charge in [-0.3, -0.25) is 4.79 Å². The van der Waals surface area contributed by atoms with E-state index in [4.69, 9.17) is 10.5 Å². The lowest BCUT2D eigenvalue weighted by molar-refractivity contribution is 0.0211. The minimum absolute atomic E-state index is 0.198. The third-order valence-corrected chi connectivity index (χ3v) is 2.48. The molecule has 2 atom stereocenters. The maximum atomic E-state index is 11.7. The molecule has 0 aromatic heterocycles. The zero-order chi connectivity index (χ0) is 13.5. The number of carbonyl (C=O) groups is 1. The molecule has 2 unspecified atom stereocenters. The number of hydrogen-bond donors (Lipinski definition) is 2. The Bertz CT molecular complexity index is 514. The number of nitrogens with zero attached hydrogens (tertiary/aromatic N) is 2. The maximum Gasteiger partial charge on any atom is 0.177 e. The molecule has 18 heavy (non-hydrogen) atoms. The monoisotopic (exact) mass is 244 g/mol. The summed E-state index contributed by atoms with van der Waals surface area (Å²) in [5, 5.41) is 36.4. The highest BCUT2D eigenvalue weighted by molar-refractivity contribution is 5.98. The molecule has 0 aliphatic heterocycles. The molecule has 5 heteroatoms. The van der Waals surface area contributed by atoms with Crippen molar-refractivity contribution in [1.29, 1.82) is 10.5 Å². The van der Waals surface area contributed by atoms with Gasteiger partial charge < -0.3 is 10.2 Å². The van der Waals surface area contributed by atoms with Crippen LogP contribution in [-0.4, -0.2) is 22.1 Å². The van der Waals surface area contributed by atoms with Gasteiger partial charge in [0.05, 0.1) is 31.1 Å². The molecule has 0 aliphatic carbocycles. The highest BCUT2D eigenvalue weighted by Crippen LogP contribution is 2.23. The number of aliphatic hydroxyl groups is 2.